The van der Waals surface area contributed by atoms with Crippen molar-refractivity contribution in [2.45, 2.75) is 56.8 Å². The molecule has 0 saturated heterocycles. The third kappa shape index (κ3) is 10.8. The van der Waals surface area contributed by atoms with Crippen LogP contribution < -0.4 is 10.0 Å². The molecular formula is C25H34N2O7S2. The van der Waals surface area contributed by atoms with Gasteiger partial charge in [0.25, 0.3) is 0 Å². The van der Waals surface area contributed by atoms with Crippen LogP contribution in [0.25, 0.3) is 0 Å². The van der Waals surface area contributed by atoms with E-state index < -0.39 is 31.9 Å². The maximum atomic E-state index is 12.4. The van der Waals surface area contributed by atoms with Crippen LogP contribution in [0.1, 0.15) is 60.9 Å². The fraction of sp³-hybridized carbons (Fsp3) is 0.440. The van der Waals surface area contributed by atoms with Gasteiger partial charge in [-0.1, -0.05) is 61.9 Å². The minimum Gasteiger partial charge on any atom is -0.462 e. The number of aryl methyl sites for hydroxylation is 1. The molecule has 0 bridgehead atoms. The summed E-state index contributed by atoms with van der Waals surface area (Å²) in [5.41, 5.74) is 1.30. The number of anilines is 1. The monoisotopic (exact) mass is 538 g/mol. The van der Waals surface area contributed by atoms with E-state index >= 15 is 0 Å². The SMILES string of the molecule is Cc1ccc(S(=O)(=O)CCCCCCCCCOC(=O)c2ccccc2NC(=O)NS(C)(=O)=O)cc1. The van der Waals surface area contributed by atoms with Crippen LogP contribution in [-0.4, -0.2) is 47.5 Å². The molecule has 2 aromatic carbocycles. The number of esters is 1. The number of para-hydroxylation sites is 1. The topological polar surface area (TPSA) is 136 Å². The van der Waals surface area contributed by atoms with E-state index in [1.165, 1.54) is 12.1 Å². The second-order valence-electron chi connectivity index (χ2n) is 8.62. The number of benzene rings is 2. The fourth-order valence-electron chi connectivity index (χ4n) is 3.47. The van der Waals surface area contributed by atoms with E-state index in [0.29, 0.717) is 17.7 Å². The molecule has 9 nitrogen and oxygen atoms in total. The van der Waals surface area contributed by atoms with Crippen LogP contribution in [0.15, 0.2) is 53.4 Å². The Hall–Kier alpha value is -2.92. The molecule has 2 aromatic rings. The first-order valence-corrected chi connectivity index (χ1v) is 15.4. The smallest absolute Gasteiger partial charge is 0.340 e. The Morgan fingerprint density at radius 2 is 1.39 bits per heavy atom. The first kappa shape index (κ1) is 29.3. The number of sulfone groups is 1. The molecule has 11 heteroatoms. The molecule has 0 radical (unpaired) electrons. The first-order chi connectivity index (χ1) is 17.0. The number of rotatable bonds is 14. The van der Waals surface area contributed by atoms with E-state index in [-0.39, 0.29) is 23.6 Å². The van der Waals surface area contributed by atoms with Crippen molar-refractivity contribution >= 4 is 37.5 Å². The Labute approximate surface area is 213 Å². The molecule has 0 aliphatic carbocycles. The summed E-state index contributed by atoms with van der Waals surface area (Å²) in [5, 5.41) is 2.34. The van der Waals surface area contributed by atoms with Gasteiger partial charge >= 0.3 is 12.0 Å². The third-order valence-electron chi connectivity index (χ3n) is 5.34. The standard InChI is InChI=1S/C25H34N2O7S2/c1-20-14-16-21(17-15-20)36(32,33)19-11-7-5-3-4-6-10-18-34-24(28)22-12-8-9-13-23(22)26-25(29)27-35(2,30)31/h8-9,12-17H,3-7,10-11,18-19H2,1-2H3,(H2,26,27,29). The summed E-state index contributed by atoms with van der Waals surface area (Å²) in [6.07, 6.45) is 6.73. The summed E-state index contributed by atoms with van der Waals surface area (Å²) < 4.78 is 54.1. The van der Waals surface area contributed by atoms with Gasteiger partial charge in [-0.15, -0.1) is 0 Å². The van der Waals surface area contributed by atoms with E-state index in [9.17, 15) is 26.4 Å². The minimum absolute atomic E-state index is 0.127. The zero-order chi connectivity index (χ0) is 26.6. The first-order valence-electron chi connectivity index (χ1n) is 11.8. The molecule has 2 N–H and O–H groups in total. The number of carbonyl (C=O) groups excluding carboxylic acids is 2. The van der Waals surface area contributed by atoms with E-state index in [4.69, 9.17) is 4.74 Å². The number of ether oxygens (including phenoxy) is 1. The number of urea groups is 1. The lowest BCUT2D eigenvalue weighted by Crippen LogP contribution is -2.33. The van der Waals surface area contributed by atoms with E-state index in [2.05, 4.69) is 5.32 Å². The third-order valence-corrected chi connectivity index (χ3v) is 7.72. The van der Waals surface area contributed by atoms with Crippen LogP contribution in [0.5, 0.6) is 0 Å². The maximum Gasteiger partial charge on any atom is 0.340 e. The molecule has 0 unspecified atom stereocenters. The second kappa shape index (κ2) is 14.0. The van der Waals surface area contributed by atoms with Gasteiger partial charge in [-0.05, 0) is 44.0 Å². The van der Waals surface area contributed by atoms with Crippen molar-refractivity contribution < 1.29 is 31.2 Å². The van der Waals surface area contributed by atoms with Crippen molar-refractivity contribution in [3.8, 4) is 0 Å². The predicted octanol–water partition coefficient (Wildman–Crippen LogP) is 4.44. The van der Waals surface area contributed by atoms with Crippen LogP contribution in [-0.2, 0) is 24.6 Å². The largest absolute Gasteiger partial charge is 0.462 e. The Kier molecular flexibility index (Phi) is 11.4. The average Bonchev–Trinajstić information content (AvgIpc) is 2.79. The normalized spacial score (nSPS) is 11.6. The predicted molar refractivity (Wildman–Crippen MR) is 139 cm³/mol. The van der Waals surface area contributed by atoms with Crippen molar-refractivity contribution in [1.82, 2.24) is 4.72 Å². The molecule has 0 aliphatic rings. The van der Waals surface area contributed by atoms with Gasteiger partial charge in [0.2, 0.25) is 10.0 Å². The van der Waals surface area contributed by atoms with E-state index in [1.807, 2.05) is 6.92 Å². The Morgan fingerprint density at radius 1 is 0.806 bits per heavy atom. The van der Waals surface area contributed by atoms with Crippen molar-refractivity contribution in [2.75, 3.05) is 23.9 Å². The maximum absolute atomic E-state index is 12.4. The molecule has 0 fully saturated rings. The van der Waals surface area contributed by atoms with Crippen molar-refractivity contribution in [3.63, 3.8) is 0 Å². The van der Waals surface area contributed by atoms with Crippen LogP contribution in [0.4, 0.5) is 10.5 Å². The minimum atomic E-state index is -3.73. The molecular weight excluding hydrogens is 504 g/mol. The molecule has 2 rings (SSSR count). The molecule has 0 aromatic heterocycles. The summed E-state index contributed by atoms with van der Waals surface area (Å²) in [4.78, 5) is 24.5. The van der Waals surface area contributed by atoms with Crippen LogP contribution in [0.3, 0.4) is 0 Å². The number of unbranched alkanes of at least 4 members (excludes halogenated alkanes) is 6. The lowest BCUT2D eigenvalue weighted by Gasteiger charge is -2.11. The summed E-state index contributed by atoms with van der Waals surface area (Å²) in [6.45, 7) is 2.14. The van der Waals surface area contributed by atoms with Crippen molar-refractivity contribution in [3.05, 3.63) is 59.7 Å². The van der Waals surface area contributed by atoms with Crippen molar-refractivity contribution in [1.29, 1.82) is 0 Å². The Morgan fingerprint density at radius 3 is 2.03 bits per heavy atom. The van der Waals surface area contributed by atoms with Gasteiger partial charge in [0.15, 0.2) is 9.84 Å². The second-order valence-corrected chi connectivity index (χ2v) is 12.5. The number of hydrogen-bond donors (Lipinski definition) is 2. The number of carbonyl (C=O) groups is 2. The van der Waals surface area contributed by atoms with Gasteiger partial charge < -0.3 is 10.1 Å². The molecule has 0 saturated carbocycles. The molecule has 0 heterocycles. The number of sulfonamides is 1. The zero-order valence-corrected chi connectivity index (χ0v) is 22.3. The highest BCUT2D eigenvalue weighted by atomic mass is 32.2. The van der Waals surface area contributed by atoms with E-state index in [1.54, 1.807) is 41.1 Å². The molecule has 2 amide bonds. The lowest BCUT2D eigenvalue weighted by atomic mass is 10.1. The number of amides is 2. The highest BCUT2D eigenvalue weighted by Gasteiger charge is 2.16. The summed E-state index contributed by atoms with van der Waals surface area (Å²) in [7, 11) is -6.96. The summed E-state index contributed by atoms with van der Waals surface area (Å²) in [6, 6.07) is 12.1. The quantitative estimate of drug-likeness (QED) is 0.268. The van der Waals surface area contributed by atoms with Gasteiger partial charge in [0, 0.05) is 0 Å². The van der Waals surface area contributed by atoms with Crippen LogP contribution in [0, 0.1) is 6.92 Å². The van der Waals surface area contributed by atoms with Gasteiger partial charge in [0.1, 0.15) is 0 Å². The van der Waals surface area contributed by atoms with Gasteiger partial charge in [-0.2, -0.15) is 0 Å². The highest BCUT2D eigenvalue weighted by molar-refractivity contribution is 7.91. The summed E-state index contributed by atoms with van der Waals surface area (Å²) in [5.74, 6) is -0.460. The molecule has 0 aliphatic heterocycles. The van der Waals surface area contributed by atoms with Gasteiger partial charge in [-0.3, -0.25) is 0 Å². The van der Waals surface area contributed by atoms with Crippen molar-refractivity contribution in [2.24, 2.45) is 0 Å². The Bertz CT molecular complexity index is 1230. The van der Waals surface area contributed by atoms with Crippen LogP contribution >= 0.6 is 0 Å². The highest BCUT2D eigenvalue weighted by Crippen LogP contribution is 2.17. The fourth-order valence-corrected chi connectivity index (χ4v) is 5.23. The molecule has 0 spiro atoms. The summed E-state index contributed by atoms with van der Waals surface area (Å²) >= 11 is 0. The molecule has 198 valence electrons. The van der Waals surface area contributed by atoms with Gasteiger partial charge in [-0.25, -0.2) is 31.1 Å². The van der Waals surface area contributed by atoms with Gasteiger partial charge in [0.05, 0.1) is 34.8 Å². The molecule has 36 heavy (non-hydrogen) atoms. The zero-order valence-electron chi connectivity index (χ0n) is 20.7. The Balaban J connectivity index is 1.61. The number of hydrogen-bond acceptors (Lipinski definition) is 7. The number of nitrogens with one attached hydrogen (secondary N) is 2. The molecule has 0 atom stereocenters. The van der Waals surface area contributed by atoms with Crippen LogP contribution in [0.2, 0.25) is 0 Å². The van der Waals surface area contributed by atoms with E-state index in [0.717, 1.165) is 43.9 Å². The lowest BCUT2D eigenvalue weighted by molar-refractivity contribution is 0.0499. The average molecular weight is 539 g/mol.